The molecule has 25 heavy (non-hydrogen) atoms. The summed E-state index contributed by atoms with van der Waals surface area (Å²) in [6.07, 6.45) is 1.41. The van der Waals surface area contributed by atoms with Crippen molar-refractivity contribution in [3.8, 4) is 5.75 Å². The van der Waals surface area contributed by atoms with Gasteiger partial charge in [-0.05, 0) is 19.1 Å². The minimum atomic E-state index is -0.0744. The number of thioether (sulfide) groups is 1. The first-order chi connectivity index (χ1) is 12.2. The smallest absolute Gasteiger partial charge is 0.275 e. The highest BCUT2D eigenvalue weighted by Crippen LogP contribution is 2.26. The highest BCUT2D eigenvalue weighted by molar-refractivity contribution is 7.99. The topological polar surface area (TPSA) is 68.5 Å². The Morgan fingerprint density at radius 3 is 3.00 bits per heavy atom. The average molecular weight is 375 g/mol. The minimum Gasteiger partial charge on any atom is -0.484 e. The predicted octanol–water partition coefficient (Wildman–Crippen LogP) is 3.36. The number of amides is 1. The number of carbonyl (C=O) groups excluding carboxylic acids is 1. The van der Waals surface area contributed by atoms with Gasteiger partial charge in [-0.2, -0.15) is 11.8 Å². The second-order valence-electron chi connectivity index (χ2n) is 5.68. The first kappa shape index (κ1) is 16.4. The van der Waals surface area contributed by atoms with E-state index in [1.54, 1.807) is 11.3 Å². The Hall–Kier alpha value is -2.06. The number of aromatic nitrogens is 2. The summed E-state index contributed by atoms with van der Waals surface area (Å²) in [7, 11) is 0. The fourth-order valence-electron chi connectivity index (χ4n) is 2.66. The molecule has 0 N–H and O–H groups in total. The largest absolute Gasteiger partial charge is 0.484 e. The Bertz CT molecular complexity index is 900. The lowest BCUT2D eigenvalue weighted by Gasteiger charge is -2.25. The number of hydrogen-bond donors (Lipinski definition) is 0. The van der Waals surface area contributed by atoms with E-state index < -0.39 is 0 Å². The maximum Gasteiger partial charge on any atom is 0.275 e. The van der Waals surface area contributed by atoms with E-state index in [9.17, 15) is 4.79 Å². The van der Waals surface area contributed by atoms with Crippen molar-refractivity contribution in [2.75, 3.05) is 24.6 Å². The van der Waals surface area contributed by atoms with Gasteiger partial charge in [0.15, 0.2) is 12.3 Å². The average Bonchev–Trinajstić information content (AvgIpc) is 3.25. The molecule has 6 nitrogen and oxygen atoms in total. The maximum atomic E-state index is 12.4. The van der Waals surface area contributed by atoms with Gasteiger partial charge in [-0.25, -0.2) is 9.97 Å². The molecule has 0 saturated carbocycles. The van der Waals surface area contributed by atoms with Crippen LogP contribution in [-0.4, -0.2) is 45.4 Å². The summed E-state index contributed by atoms with van der Waals surface area (Å²) in [6.45, 7) is 3.68. The van der Waals surface area contributed by atoms with Gasteiger partial charge in [-0.3, -0.25) is 4.79 Å². The zero-order valence-electron chi connectivity index (χ0n) is 13.7. The van der Waals surface area contributed by atoms with Crippen LogP contribution in [-0.2, 0) is 6.61 Å². The molecule has 0 radical (unpaired) electrons. The quantitative estimate of drug-likeness (QED) is 0.696. The molecule has 1 fully saturated rings. The van der Waals surface area contributed by atoms with E-state index in [2.05, 4.69) is 9.97 Å². The molecule has 1 saturated heterocycles. The molecule has 1 aliphatic rings. The predicted molar refractivity (Wildman–Crippen MR) is 98.4 cm³/mol. The SMILES string of the molecule is Cc1nc2cc(OCc3nc(C(=O)N4CCSCC4)co3)ccc2s1. The van der Waals surface area contributed by atoms with Crippen molar-refractivity contribution in [3.05, 3.63) is 41.1 Å². The molecule has 8 heteroatoms. The van der Waals surface area contributed by atoms with Crippen LogP contribution in [0.25, 0.3) is 10.2 Å². The number of benzene rings is 1. The number of aryl methyl sites for hydroxylation is 1. The summed E-state index contributed by atoms with van der Waals surface area (Å²) < 4.78 is 12.2. The van der Waals surface area contributed by atoms with E-state index in [1.807, 2.05) is 41.8 Å². The van der Waals surface area contributed by atoms with Gasteiger partial charge >= 0.3 is 0 Å². The third-order valence-electron chi connectivity index (χ3n) is 3.90. The summed E-state index contributed by atoms with van der Waals surface area (Å²) in [5, 5.41) is 1.03. The third kappa shape index (κ3) is 3.64. The summed E-state index contributed by atoms with van der Waals surface area (Å²) in [5.74, 6) is 2.96. The van der Waals surface area contributed by atoms with Gasteiger partial charge in [0, 0.05) is 30.7 Å². The molecule has 3 aromatic rings. The molecule has 0 spiro atoms. The summed E-state index contributed by atoms with van der Waals surface area (Å²) in [6, 6.07) is 5.80. The van der Waals surface area contributed by atoms with Gasteiger partial charge in [-0.15, -0.1) is 11.3 Å². The molecule has 0 aliphatic carbocycles. The van der Waals surface area contributed by atoms with E-state index in [-0.39, 0.29) is 12.5 Å². The van der Waals surface area contributed by atoms with E-state index in [0.29, 0.717) is 17.3 Å². The Labute approximate surface area is 153 Å². The highest BCUT2D eigenvalue weighted by atomic mass is 32.2. The maximum absolute atomic E-state index is 12.4. The third-order valence-corrected chi connectivity index (χ3v) is 5.79. The Balaban J connectivity index is 1.40. The number of hydrogen-bond acceptors (Lipinski definition) is 7. The molecular weight excluding hydrogens is 358 g/mol. The van der Waals surface area contributed by atoms with Crippen molar-refractivity contribution in [1.82, 2.24) is 14.9 Å². The number of rotatable bonds is 4. The standard InChI is InChI=1S/C17H17N3O3S2/c1-11-18-13-8-12(2-3-15(13)25-11)22-10-16-19-14(9-23-16)17(21)20-4-6-24-7-5-20/h2-3,8-9H,4-7,10H2,1H3. The van der Waals surface area contributed by atoms with Crippen LogP contribution in [0, 0.1) is 6.92 Å². The number of oxazole rings is 1. The van der Waals surface area contributed by atoms with Crippen molar-refractivity contribution in [2.45, 2.75) is 13.5 Å². The van der Waals surface area contributed by atoms with Gasteiger partial charge in [0.25, 0.3) is 5.91 Å². The lowest BCUT2D eigenvalue weighted by Crippen LogP contribution is -2.38. The van der Waals surface area contributed by atoms with Crippen LogP contribution in [0.1, 0.15) is 21.4 Å². The zero-order chi connectivity index (χ0) is 17.2. The van der Waals surface area contributed by atoms with Gasteiger partial charge in [-0.1, -0.05) is 0 Å². The minimum absolute atomic E-state index is 0.0744. The van der Waals surface area contributed by atoms with Crippen molar-refractivity contribution < 1.29 is 13.9 Å². The van der Waals surface area contributed by atoms with Crippen LogP contribution in [0.5, 0.6) is 5.75 Å². The first-order valence-electron chi connectivity index (χ1n) is 8.00. The molecule has 1 amide bonds. The van der Waals surface area contributed by atoms with E-state index in [4.69, 9.17) is 9.15 Å². The Morgan fingerprint density at radius 2 is 2.16 bits per heavy atom. The molecule has 2 aromatic heterocycles. The molecule has 1 aromatic carbocycles. The summed E-state index contributed by atoms with van der Waals surface area (Å²) in [5.41, 5.74) is 1.27. The zero-order valence-corrected chi connectivity index (χ0v) is 15.4. The van der Waals surface area contributed by atoms with Gasteiger partial charge in [0.05, 0.1) is 15.2 Å². The normalized spacial score (nSPS) is 14.8. The van der Waals surface area contributed by atoms with E-state index >= 15 is 0 Å². The molecular formula is C17H17N3O3S2. The number of carbonyl (C=O) groups is 1. The number of nitrogens with zero attached hydrogens (tertiary/aromatic N) is 3. The molecule has 4 rings (SSSR count). The first-order valence-corrected chi connectivity index (χ1v) is 9.97. The fraction of sp³-hybridized carbons (Fsp3) is 0.353. The van der Waals surface area contributed by atoms with Crippen LogP contribution in [0.2, 0.25) is 0 Å². The van der Waals surface area contributed by atoms with Crippen molar-refractivity contribution in [3.63, 3.8) is 0 Å². The van der Waals surface area contributed by atoms with Crippen molar-refractivity contribution in [2.24, 2.45) is 0 Å². The van der Waals surface area contributed by atoms with Crippen molar-refractivity contribution >= 4 is 39.2 Å². The van der Waals surface area contributed by atoms with Crippen LogP contribution < -0.4 is 4.74 Å². The number of fused-ring (bicyclic) bond motifs is 1. The second kappa shape index (κ2) is 7.05. The second-order valence-corrected chi connectivity index (χ2v) is 8.14. The van der Waals surface area contributed by atoms with Gasteiger partial charge < -0.3 is 14.1 Å². The highest BCUT2D eigenvalue weighted by Gasteiger charge is 2.21. The molecule has 1 aliphatic heterocycles. The molecule has 0 bridgehead atoms. The Kier molecular flexibility index (Phi) is 4.63. The van der Waals surface area contributed by atoms with Crippen LogP contribution in [0.15, 0.2) is 28.9 Å². The molecule has 130 valence electrons. The van der Waals surface area contributed by atoms with E-state index in [1.165, 1.54) is 6.26 Å². The van der Waals surface area contributed by atoms with Crippen molar-refractivity contribution in [1.29, 1.82) is 0 Å². The van der Waals surface area contributed by atoms with Crippen LogP contribution >= 0.6 is 23.1 Å². The monoisotopic (exact) mass is 375 g/mol. The van der Waals surface area contributed by atoms with E-state index in [0.717, 1.165) is 39.8 Å². The van der Waals surface area contributed by atoms with Gasteiger partial charge in [0.2, 0.25) is 5.89 Å². The summed E-state index contributed by atoms with van der Waals surface area (Å²) in [4.78, 5) is 22.9. The molecule has 0 atom stereocenters. The lowest BCUT2D eigenvalue weighted by molar-refractivity contribution is 0.0766. The Morgan fingerprint density at radius 1 is 1.32 bits per heavy atom. The number of ether oxygens (including phenoxy) is 1. The van der Waals surface area contributed by atoms with Gasteiger partial charge in [0.1, 0.15) is 12.0 Å². The summed E-state index contributed by atoms with van der Waals surface area (Å²) >= 11 is 3.52. The van der Waals surface area contributed by atoms with Crippen LogP contribution in [0.3, 0.4) is 0 Å². The molecule has 0 unspecified atom stereocenters. The fourth-order valence-corrected chi connectivity index (χ4v) is 4.37. The lowest BCUT2D eigenvalue weighted by atomic mass is 10.3. The van der Waals surface area contributed by atoms with Crippen LogP contribution in [0.4, 0.5) is 0 Å². The number of thiazole rings is 1. The molecule has 3 heterocycles.